The third-order valence-corrected chi connectivity index (χ3v) is 9.77. The van der Waals surface area contributed by atoms with Gasteiger partial charge in [0.05, 0.1) is 33.3 Å². The molecule has 2 aromatic carbocycles. The SMILES string of the molecule is COc1nc(N)nc2c1ncn2C1O[C@H](COP(=O)(NC(C)C(=O)OC2CCOCC2)Oc2cccc3ccccc23)[C@@H](O)[C@@]1(C)O. The Morgan fingerprint density at radius 3 is 2.72 bits per heavy atom. The summed E-state index contributed by atoms with van der Waals surface area (Å²) in [6.45, 7) is 3.29. The summed E-state index contributed by atoms with van der Waals surface area (Å²) in [5, 5.41) is 26.8. The number of esters is 1. The van der Waals surface area contributed by atoms with Gasteiger partial charge in [-0.2, -0.15) is 15.1 Å². The van der Waals surface area contributed by atoms with Crippen LogP contribution in [-0.4, -0.2) is 92.6 Å². The Hall–Kier alpha value is -3.89. The van der Waals surface area contributed by atoms with Crippen LogP contribution < -0.4 is 20.1 Å². The van der Waals surface area contributed by atoms with E-state index in [4.69, 9.17) is 33.7 Å². The number of benzene rings is 2. The zero-order valence-corrected chi connectivity index (χ0v) is 26.9. The number of anilines is 1. The molecule has 16 nitrogen and oxygen atoms in total. The van der Waals surface area contributed by atoms with Gasteiger partial charge in [-0.1, -0.05) is 36.4 Å². The molecule has 6 atom stereocenters. The fourth-order valence-corrected chi connectivity index (χ4v) is 7.14. The Kier molecular flexibility index (Phi) is 9.36. The number of ether oxygens (including phenoxy) is 4. The number of nitrogens with two attached hydrogens (primary N) is 1. The largest absolute Gasteiger partial charge is 0.479 e. The number of hydrogen-bond donors (Lipinski definition) is 4. The molecule has 2 fully saturated rings. The molecule has 0 aliphatic carbocycles. The van der Waals surface area contributed by atoms with Crippen LogP contribution in [0.4, 0.5) is 5.95 Å². The van der Waals surface area contributed by atoms with E-state index < -0.39 is 50.4 Å². The highest BCUT2D eigenvalue weighted by Gasteiger charge is 2.54. The van der Waals surface area contributed by atoms with Crippen molar-refractivity contribution in [3.63, 3.8) is 0 Å². The minimum Gasteiger partial charge on any atom is -0.479 e. The van der Waals surface area contributed by atoms with Crippen LogP contribution in [-0.2, 0) is 28.1 Å². The summed E-state index contributed by atoms with van der Waals surface area (Å²) in [6.07, 6.45) is -1.87. The first kappa shape index (κ1) is 33.0. The number of nitrogens with zero attached hydrogens (tertiary/aromatic N) is 4. The summed E-state index contributed by atoms with van der Waals surface area (Å²) in [7, 11) is -2.99. The highest BCUT2D eigenvalue weighted by atomic mass is 31.2. The number of carbonyl (C=O) groups is 1. The molecular formula is C30H37N6O10P. The Morgan fingerprint density at radius 1 is 1.21 bits per heavy atom. The maximum Gasteiger partial charge on any atom is 0.459 e. The number of aliphatic hydroxyl groups excluding tert-OH is 1. The Bertz CT molecular complexity index is 1790. The molecule has 252 valence electrons. The smallest absolute Gasteiger partial charge is 0.459 e. The van der Waals surface area contributed by atoms with Gasteiger partial charge in [0, 0.05) is 18.2 Å². The number of methoxy groups -OCH3 is 1. The molecule has 0 radical (unpaired) electrons. The molecule has 4 heterocycles. The van der Waals surface area contributed by atoms with Crippen LogP contribution in [0, 0.1) is 0 Å². The quantitative estimate of drug-likeness (QED) is 0.133. The van der Waals surface area contributed by atoms with Gasteiger partial charge < -0.3 is 39.4 Å². The lowest BCUT2D eigenvalue weighted by molar-refractivity contribution is -0.154. The fourth-order valence-electron chi connectivity index (χ4n) is 5.61. The summed E-state index contributed by atoms with van der Waals surface area (Å²) in [6, 6.07) is 11.4. The summed E-state index contributed by atoms with van der Waals surface area (Å²) < 4.78 is 49.9. The Labute approximate surface area is 269 Å². The lowest BCUT2D eigenvalue weighted by atomic mass is 9.96. The zero-order chi connectivity index (χ0) is 33.3. The van der Waals surface area contributed by atoms with Gasteiger partial charge in [0.2, 0.25) is 11.8 Å². The van der Waals surface area contributed by atoms with Crippen LogP contribution in [0.2, 0.25) is 0 Å². The number of rotatable bonds is 11. The lowest BCUT2D eigenvalue weighted by Gasteiger charge is -2.28. The predicted octanol–water partition coefficient (Wildman–Crippen LogP) is 2.48. The van der Waals surface area contributed by atoms with E-state index in [1.165, 1.54) is 31.9 Å². The van der Waals surface area contributed by atoms with E-state index in [1.807, 2.05) is 18.2 Å². The van der Waals surface area contributed by atoms with Crippen LogP contribution in [0.15, 0.2) is 48.8 Å². The van der Waals surface area contributed by atoms with Crippen molar-refractivity contribution in [3.05, 3.63) is 48.8 Å². The van der Waals surface area contributed by atoms with Gasteiger partial charge in [-0.3, -0.25) is 13.9 Å². The van der Waals surface area contributed by atoms with Crippen molar-refractivity contribution < 1.29 is 47.6 Å². The van der Waals surface area contributed by atoms with Gasteiger partial charge in [-0.15, -0.1) is 0 Å². The van der Waals surface area contributed by atoms with E-state index in [-0.39, 0.29) is 34.8 Å². The first-order valence-electron chi connectivity index (χ1n) is 15.1. The Balaban J connectivity index is 1.24. The molecular weight excluding hydrogens is 635 g/mol. The fraction of sp³-hybridized carbons (Fsp3) is 0.467. The van der Waals surface area contributed by atoms with Crippen molar-refractivity contribution in [3.8, 4) is 11.6 Å². The molecule has 0 amide bonds. The first-order chi connectivity index (χ1) is 22.5. The van der Waals surface area contributed by atoms with Crippen molar-refractivity contribution in [2.24, 2.45) is 0 Å². The standard InChI is InChI=1S/C30H37N6O10P/c1-17(27(38)44-19-11-13-42-14-12-19)35-47(40,46-21-10-6-8-18-7-4-5-9-20(18)21)43-15-22-24(37)30(2,39)28(45-22)36-16-32-23-25(36)33-29(31)34-26(23)41-3/h4-10,16-17,19,22,24,28,37,39H,11-15H2,1-3H3,(H,35,40)(H2,31,33,34)/t17?,22-,24-,28?,30-,47?/m1/s1. The molecule has 0 bridgehead atoms. The van der Waals surface area contributed by atoms with E-state index >= 15 is 0 Å². The van der Waals surface area contributed by atoms with E-state index in [0.29, 0.717) is 31.4 Å². The maximum atomic E-state index is 14.4. The monoisotopic (exact) mass is 672 g/mol. The molecule has 0 spiro atoms. The second-order valence-electron chi connectivity index (χ2n) is 11.6. The van der Waals surface area contributed by atoms with E-state index in [2.05, 4.69) is 20.0 Å². The number of carbonyl (C=O) groups excluding carboxylic acids is 1. The van der Waals surface area contributed by atoms with E-state index in [0.717, 1.165) is 5.39 Å². The van der Waals surface area contributed by atoms with Crippen LogP contribution >= 0.6 is 7.75 Å². The van der Waals surface area contributed by atoms with Crippen molar-refractivity contribution in [2.45, 2.75) is 62.9 Å². The van der Waals surface area contributed by atoms with E-state index in [9.17, 15) is 19.6 Å². The normalized spacial score (nSPS) is 25.4. The molecule has 2 aliphatic heterocycles. The van der Waals surface area contributed by atoms with Gasteiger partial charge in [0.25, 0.3) is 0 Å². The first-order valence-corrected chi connectivity index (χ1v) is 16.6. The average molecular weight is 673 g/mol. The highest BCUT2D eigenvalue weighted by Crippen LogP contribution is 2.48. The summed E-state index contributed by atoms with van der Waals surface area (Å²) in [5.41, 5.74) is 4.40. The molecule has 6 rings (SSSR count). The molecule has 47 heavy (non-hydrogen) atoms. The molecule has 4 aromatic rings. The molecule has 0 saturated carbocycles. The van der Waals surface area contributed by atoms with Gasteiger partial charge >= 0.3 is 13.7 Å². The molecule has 2 aromatic heterocycles. The summed E-state index contributed by atoms with van der Waals surface area (Å²) in [5.74, 6) is -0.397. The molecule has 5 N–H and O–H groups in total. The van der Waals surface area contributed by atoms with Crippen molar-refractivity contribution in [1.82, 2.24) is 24.6 Å². The zero-order valence-electron chi connectivity index (χ0n) is 26.0. The second-order valence-corrected chi connectivity index (χ2v) is 13.3. The van der Waals surface area contributed by atoms with Crippen LogP contribution in [0.25, 0.3) is 21.9 Å². The molecule has 17 heteroatoms. The third kappa shape index (κ3) is 6.76. The van der Waals surface area contributed by atoms with Crippen molar-refractivity contribution in [1.29, 1.82) is 0 Å². The summed E-state index contributed by atoms with van der Waals surface area (Å²) in [4.78, 5) is 25.5. The number of imidazole rings is 1. The topological polar surface area (TPSA) is 212 Å². The second kappa shape index (κ2) is 13.3. The molecule has 3 unspecified atom stereocenters. The number of nitrogens with one attached hydrogen (secondary N) is 1. The highest BCUT2D eigenvalue weighted by molar-refractivity contribution is 7.52. The number of hydrogen-bond acceptors (Lipinski definition) is 14. The van der Waals surface area contributed by atoms with E-state index in [1.54, 1.807) is 24.3 Å². The van der Waals surface area contributed by atoms with Crippen molar-refractivity contribution in [2.75, 3.05) is 32.7 Å². The van der Waals surface area contributed by atoms with Crippen molar-refractivity contribution >= 4 is 41.6 Å². The summed E-state index contributed by atoms with van der Waals surface area (Å²) >= 11 is 0. The maximum absolute atomic E-state index is 14.4. The van der Waals surface area contributed by atoms with Gasteiger partial charge in [0.15, 0.2) is 17.4 Å². The van der Waals surface area contributed by atoms with Gasteiger partial charge in [-0.25, -0.2) is 9.55 Å². The van der Waals surface area contributed by atoms with Crippen LogP contribution in [0.3, 0.4) is 0 Å². The van der Waals surface area contributed by atoms with Crippen LogP contribution in [0.1, 0.15) is 32.9 Å². The minimum atomic E-state index is -4.39. The van der Waals surface area contributed by atoms with Crippen LogP contribution in [0.5, 0.6) is 11.6 Å². The number of fused-ring (bicyclic) bond motifs is 2. The predicted molar refractivity (Wildman–Crippen MR) is 167 cm³/mol. The molecule has 2 saturated heterocycles. The van der Waals surface area contributed by atoms with Gasteiger partial charge in [0.1, 0.15) is 35.7 Å². The third-order valence-electron chi connectivity index (χ3n) is 8.14. The number of aromatic nitrogens is 4. The number of aliphatic hydroxyl groups is 2. The molecule has 2 aliphatic rings. The Morgan fingerprint density at radius 2 is 1.96 bits per heavy atom. The van der Waals surface area contributed by atoms with Gasteiger partial charge in [-0.05, 0) is 25.3 Å². The average Bonchev–Trinajstić information content (AvgIpc) is 3.57. The minimum absolute atomic E-state index is 0.101. The lowest BCUT2D eigenvalue weighted by Crippen LogP contribution is -2.44. The number of nitrogen functional groups attached to an aromatic ring is 1.